The lowest BCUT2D eigenvalue weighted by molar-refractivity contribution is 0.103. The smallest absolute Gasteiger partial charge is 0.196 e. The number of methoxy groups -OCH3 is 1. The number of hydrogen-bond donors (Lipinski definition) is 0. The van der Waals surface area contributed by atoms with Crippen molar-refractivity contribution in [2.45, 2.75) is 13.8 Å². The normalized spacial score (nSPS) is 14.3. The van der Waals surface area contributed by atoms with Gasteiger partial charge >= 0.3 is 0 Å². The van der Waals surface area contributed by atoms with Gasteiger partial charge in [-0.2, -0.15) is 0 Å². The SMILES string of the molecule is COc1ccc2ncc(C(=O)c3ccc(C)c(C)c3)c(N3CCOCC3)c2c1. The molecule has 1 fully saturated rings. The third-order valence-electron chi connectivity index (χ3n) is 5.39. The predicted octanol–water partition coefficient (Wildman–Crippen LogP) is 3.93. The Hall–Kier alpha value is -2.92. The molecule has 0 spiro atoms. The summed E-state index contributed by atoms with van der Waals surface area (Å²) in [4.78, 5) is 20.2. The molecule has 0 unspecified atom stereocenters. The number of carbonyl (C=O) groups is 1. The minimum Gasteiger partial charge on any atom is -0.497 e. The molecule has 0 saturated carbocycles. The highest BCUT2D eigenvalue weighted by molar-refractivity contribution is 6.16. The summed E-state index contributed by atoms with van der Waals surface area (Å²) in [6.45, 7) is 6.84. The third kappa shape index (κ3) is 3.34. The number of ketones is 1. The number of fused-ring (bicyclic) bond motifs is 1. The highest BCUT2D eigenvalue weighted by Crippen LogP contribution is 2.34. The zero-order valence-electron chi connectivity index (χ0n) is 16.5. The van der Waals surface area contributed by atoms with Crippen LogP contribution in [0.25, 0.3) is 10.9 Å². The van der Waals surface area contributed by atoms with E-state index in [1.807, 2.05) is 50.2 Å². The van der Waals surface area contributed by atoms with Crippen LogP contribution in [-0.4, -0.2) is 44.2 Å². The van der Waals surface area contributed by atoms with Crippen LogP contribution < -0.4 is 9.64 Å². The molecule has 0 atom stereocenters. The molecule has 4 rings (SSSR count). The van der Waals surface area contributed by atoms with Gasteiger partial charge in [0, 0.05) is 30.2 Å². The number of morpholine rings is 1. The highest BCUT2D eigenvalue weighted by atomic mass is 16.5. The Labute approximate surface area is 164 Å². The molecule has 2 heterocycles. The van der Waals surface area contributed by atoms with Gasteiger partial charge < -0.3 is 14.4 Å². The van der Waals surface area contributed by atoms with Gasteiger partial charge in [-0.05, 0) is 49.2 Å². The van der Waals surface area contributed by atoms with Crippen molar-refractivity contribution in [3.8, 4) is 5.75 Å². The van der Waals surface area contributed by atoms with Gasteiger partial charge in [-0.15, -0.1) is 0 Å². The summed E-state index contributed by atoms with van der Waals surface area (Å²) in [7, 11) is 1.65. The molecule has 5 nitrogen and oxygen atoms in total. The molecule has 0 bridgehead atoms. The number of anilines is 1. The van der Waals surface area contributed by atoms with Crippen LogP contribution in [0.3, 0.4) is 0 Å². The molecule has 0 amide bonds. The van der Waals surface area contributed by atoms with Crippen molar-refractivity contribution >= 4 is 22.4 Å². The standard InChI is InChI=1S/C23H24N2O3/c1-15-4-5-17(12-16(15)2)23(26)20-14-24-21-7-6-18(27-3)13-19(21)22(20)25-8-10-28-11-9-25/h4-7,12-14H,8-11H2,1-3H3. The molecule has 144 valence electrons. The number of carbonyl (C=O) groups excluding carboxylic acids is 1. The van der Waals surface area contributed by atoms with E-state index in [0.717, 1.165) is 41.0 Å². The average molecular weight is 376 g/mol. The van der Waals surface area contributed by atoms with E-state index in [1.165, 1.54) is 5.56 Å². The second-order valence-corrected chi connectivity index (χ2v) is 7.13. The summed E-state index contributed by atoms with van der Waals surface area (Å²) >= 11 is 0. The van der Waals surface area contributed by atoms with Gasteiger partial charge in [0.1, 0.15) is 5.75 Å². The van der Waals surface area contributed by atoms with Crippen molar-refractivity contribution in [1.82, 2.24) is 4.98 Å². The molecule has 1 aliphatic heterocycles. The molecule has 3 aromatic rings. The predicted molar refractivity (Wildman–Crippen MR) is 111 cm³/mol. The number of ether oxygens (including phenoxy) is 2. The average Bonchev–Trinajstić information content (AvgIpc) is 2.74. The van der Waals surface area contributed by atoms with E-state index in [-0.39, 0.29) is 5.78 Å². The van der Waals surface area contributed by atoms with Crippen LogP contribution in [0.15, 0.2) is 42.6 Å². The molecule has 1 aliphatic rings. The van der Waals surface area contributed by atoms with Crippen LogP contribution in [0.4, 0.5) is 5.69 Å². The Morgan fingerprint density at radius 2 is 1.86 bits per heavy atom. The fraction of sp³-hybridized carbons (Fsp3) is 0.304. The topological polar surface area (TPSA) is 51.7 Å². The maximum atomic E-state index is 13.4. The Morgan fingerprint density at radius 1 is 1.07 bits per heavy atom. The summed E-state index contributed by atoms with van der Waals surface area (Å²) in [6, 6.07) is 11.6. The zero-order valence-corrected chi connectivity index (χ0v) is 16.5. The summed E-state index contributed by atoms with van der Waals surface area (Å²) in [5.74, 6) is 0.737. The first kappa shape index (κ1) is 18.4. The first-order chi connectivity index (χ1) is 13.6. The number of aryl methyl sites for hydroxylation is 2. The molecular weight excluding hydrogens is 352 g/mol. The number of aromatic nitrogens is 1. The van der Waals surface area contributed by atoms with E-state index in [2.05, 4.69) is 9.88 Å². The van der Waals surface area contributed by atoms with E-state index in [0.29, 0.717) is 24.3 Å². The van der Waals surface area contributed by atoms with Gasteiger partial charge in [0.15, 0.2) is 5.78 Å². The largest absolute Gasteiger partial charge is 0.497 e. The number of benzene rings is 2. The van der Waals surface area contributed by atoms with Crippen molar-refractivity contribution in [3.05, 3.63) is 64.8 Å². The van der Waals surface area contributed by atoms with Crippen LogP contribution in [0.2, 0.25) is 0 Å². The summed E-state index contributed by atoms with van der Waals surface area (Å²) in [5, 5.41) is 0.927. The lowest BCUT2D eigenvalue weighted by Crippen LogP contribution is -2.37. The Balaban J connectivity index is 1.91. The van der Waals surface area contributed by atoms with Crippen LogP contribution in [0.1, 0.15) is 27.0 Å². The molecule has 0 N–H and O–H groups in total. The number of hydrogen-bond acceptors (Lipinski definition) is 5. The van der Waals surface area contributed by atoms with Gasteiger partial charge in [-0.3, -0.25) is 9.78 Å². The van der Waals surface area contributed by atoms with E-state index >= 15 is 0 Å². The maximum absolute atomic E-state index is 13.4. The molecule has 2 aromatic carbocycles. The van der Waals surface area contributed by atoms with E-state index < -0.39 is 0 Å². The van der Waals surface area contributed by atoms with Gasteiger partial charge in [0.25, 0.3) is 0 Å². The van der Waals surface area contributed by atoms with Gasteiger partial charge in [-0.1, -0.05) is 12.1 Å². The molecule has 0 radical (unpaired) electrons. The van der Waals surface area contributed by atoms with Crippen LogP contribution in [0.5, 0.6) is 5.75 Å². The maximum Gasteiger partial charge on any atom is 0.196 e. The summed E-state index contributed by atoms with van der Waals surface area (Å²) < 4.78 is 10.9. The molecule has 5 heteroatoms. The molecule has 28 heavy (non-hydrogen) atoms. The number of nitrogens with zero attached hydrogens (tertiary/aromatic N) is 2. The lowest BCUT2D eigenvalue weighted by Gasteiger charge is -2.31. The fourth-order valence-corrected chi connectivity index (χ4v) is 3.62. The third-order valence-corrected chi connectivity index (χ3v) is 5.39. The van der Waals surface area contributed by atoms with Crippen molar-refractivity contribution in [3.63, 3.8) is 0 Å². The van der Waals surface area contributed by atoms with E-state index in [1.54, 1.807) is 13.3 Å². The molecule has 1 saturated heterocycles. The first-order valence-corrected chi connectivity index (χ1v) is 9.50. The first-order valence-electron chi connectivity index (χ1n) is 9.50. The number of pyridine rings is 1. The molecule has 0 aliphatic carbocycles. The van der Waals surface area contributed by atoms with Crippen molar-refractivity contribution in [2.75, 3.05) is 38.3 Å². The minimum atomic E-state index is -0.0122. The second kappa shape index (κ2) is 7.60. The van der Waals surface area contributed by atoms with Gasteiger partial charge in [0.05, 0.1) is 37.1 Å². The Bertz CT molecular complexity index is 1040. The van der Waals surface area contributed by atoms with Crippen molar-refractivity contribution in [1.29, 1.82) is 0 Å². The second-order valence-electron chi connectivity index (χ2n) is 7.13. The van der Waals surface area contributed by atoms with E-state index in [4.69, 9.17) is 9.47 Å². The van der Waals surface area contributed by atoms with Gasteiger partial charge in [0.2, 0.25) is 0 Å². The molecule has 1 aromatic heterocycles. The van der Waals surface area contributed by atoms with Crippen molar-refractivity contribution < 1.29 is 14.3 Å². The highest BCUT2D eigenvalue weighted by Gasteiger charge is 2.23. The van der Waals surface area contributed by atoms with Gasteiger partial charge in [-0.25, -0.2) is 0 Å². The van der Waals surface area contributed by atoms with Crippen LogP contribution >= 0.6 is 0 Å². The van der Waals surface area contributed by atoms with E-state index in [9.17, 15) is 4.79 Å². The Kier molecular flexibility index (Phi) is 5.01. The van der Waals surface area contributed by atoms with Crippen LogP contribution in [-0.2, 0) is 4.74 Å². The number of rotatable bonds is 4. The zero-order chi connectivity index (χ0) is 19.7. The molecular formula is C23H24N2O3. The Morgan fingerprint density at radius 3 is 2.57 bits per heavy atom. The monoisotopic (exact) mass is 376 g/mol. The summed E-state index contributed by atoms with van der Waals surface area (Å²) in [5.41, 5.74) is 5.34. The minimum absolute atomic E-state index is 0.0122. The van der Waals surface area contributed by atoms with Crippen LogP contribution in [0, 0.1) is 13.8 Å². The summed E-state index contributed by atoms with van der Waals surface area (Å²) in [6.07, 6.45) is 1.71. The lowest BCUT2D eigenvalue weighted by atomic mass is 9.97. The quantitative estimate of drug-likeness (QED) is 0.646. The van der Waals surface area contributed by atoms with Crippen molar-refractivity contribution in [2.24, 2.45) is 0 Å². The fourth-order valence-electron chi connectivity index (χ4n) is 3.62.